The molecule has 1 aromatic carbocycles. The van der Waals surface area contributed by atoms with Gasteiger partial charge >= 0.3 is 0 Å². The molecule has 0 unspecified atom stereocenters. The van der Waals surface area contributed by atoms with Gasteiger partial charge in [0.25, 0.3) is 5.69 Å². The Hall–Kier alpha value is -1.17. The fraction of sp³-hybridized carbons (Fsp3) is 0.538. The predicted octanol–water partition coefficient (Wildman–Crippen LogP) is 2.91. The summed E-state index contributed by atoms with van der Waals surface area (Å²) >= 11 is 5.77. The van der Waals surface area contributed by atoms with E-state index >= 15 is 0 Å². The van der Waals surface area contributed by atoms with Crippen LogP contribution in [-0.2, 0) is 11.3 Å². The van der Waals surface area contributed by atoms with Crippen molar-refractivity contribution in [3.63, 3.8) is 0 Å². The minimum atomic E-state index is -0.458. The minimum Gasteiger partial charge on any atom is -0.378 e. The van der Waals surface area contributed by atoms with Crippen LogP contribution in [0.1, 0.15) is 25.3 Å². The van der Waals surface area contributed by atoms with Crippen LogP contribution in [0.15, 0.2) is 18.2 Å². The zero-order valence-electron chi connectivity index (χ0n) is 10.8. The molecule has 19 heavy (non-hydrogen) atoms. The Morgan fingerprint density at radius 2 is 2.26 bits per heavy atom. The molecule has 0 spiro atoms. The minimum absolute atomic E-state index is 0.0400. The average molecular weight is 285 g/mol. The van der Waals surface area contributed by atoms with Crippen LogP contribution < -0.4 is 5.32 Å². The summed E-state index contributed by atoms with van der Waals surface area (Å²) in [4.78, 5) is 10.3. The molecular weight excluding hydrogens is 268 g/mol. The zero-order chi connectivity index (χ0) is 13.8. The SMILES string of the molecule is CCOC1CC(NCc2ccc(Cl)c([N+](=O)[O-])c2)C1. The number of nitro groups is 1. The average Bonchev–Trinajstić information content (AvgIpc) is 2.33. The molecule has 5 nitrogen and oxygen atoms in total. The van der Waals surface area contributed by atoms with E-state index in [4.69, 9.17) is 16.3 Å². The van der Waals surface area contributed by atoms with Gasteiger partial charge in [0.2, 0.25) is 0 Å². The standard InChI is InChI=1S/C13H17ClN2O3/c1-2-19-11-6-10(7-11)15-8-9-3-4-12(14)13(5-9)16(17)18/h3-5,10-11,15H,2,6-8H2,1H3. The van der Waals surface area contributed by atoms with Crippen molar-refractivity contribution in [2.75, 3.05) is 6.61 Å². The van der Waals surface area contributed by atoms with E-state index in [1.165, 1.54) is 6.07 Å². The lowest BCUT2D eigenvalue weighted by Crippen LogP contribution is -2.45. The molecule has 0 radical (unpaired) electrons. The van der Waals surface area contributed by atoms with E-state index in [-0.39, 0.29) is 10.7 Å². The molecule has 1 aromatic rings. The first-order chi connectivity index (χ1) is 9.10. The largest absolute Gasteiger partial charge is 0.378 e. The van der Waals surface area contributed by atoms with Gasteiger partial charge in [-0.3, -0.25) is 10.1 Å². The second-order valence-electron chi connectivity index (χ2n) is 4.67. The first-order valence-corrected chi connectivity index (χ1v) is 6.75. The molecule has 0 saturated heterocycles. The van der Waals surface area contributed by atoms with Gasteiger partial charge in [-0.15, -0.1) is 0 Å². The fourth-order valence-corrected chi connectivity index (χ4v) is 2.36. The maximum Gasteiger partial charge on any atom is 0.288 e. The van der Waals surface area contributed by atoms with Crippen molar-refractivity contribution in [2.45, 2.75) is 38.5 Å². The Morgan fingerprint density at radius 1 is 1.53 bits per heavy atom. The topological polar surface area (TPSA) is 64.4 Å². The lowest BCUT2D eigenvalue weighted by atomic mass is 9.89. The van der Waals surface area contributed by atoms with Gasteiger partial charge in [0, 0.05) is 25.3 Å². The van der Waals surface area contributed by atoms with Crippen LogP contribution >= 0.6 is 11.6 Å². The van der Waals surface area contributed by atoms with Gasteiger partial charge in [0.05, 0.1) is 11.0 Å². The van der Waals surface area contributed by atoms with Crippen LogP contribution in [0.2, 0.25) is 5.02 Å². The summed E-state index contributed by atoms with van der Waals surface area (Å²) in [5, 5.41) is 14.3. The van der Waals surface area contributed by atoms with Crippen LogP contribution in [-0.4, -0.2) is 23.7 Å². The molecule has 1 aliphatic carbocycles. The summed E-state index contributed by atoms with van der Waals surface area (Å²) in [5.74, 6) is 0. The third kappa shape index (κ3) is 3.65. The Morgan fingerprint density at radius 3 is 2.89 bits per heavy atom. The van der Waals surface area contributed by atoms with E-state index in [0.29, 0.717) is 18.7 Å². The van der Waals surface area contributed by atoms with Crippen molar-refractivity contribution in [2.24, 2.45) is 0 Å². The van der Waals surface area contributed by atoms with Crippen LogP contribution in [0.25, 0.3) is 0 Å². The molecule has 1 N–H and O–H groups in total. The number of hydrogen-bond donors (Lipinski definition) is 1. The fourth-order valence-electron chi connectivity index (χ4n) is 2.17. The summed E-state index contributed by atoms with van der Waals surface area (Å²) in [6, 6.07) is 5.33. The van der Waals surface area contributed by atoms with Gasteiger partial charge in [0.1, 0.15) is 5.02 Å². The van der Waals surface area contributed by atoms with Crippen molar-refractivity contribution in [1.29, 1.82) is 0 Å². The zero-order valence-corrected chi connectivity index (χ0v) is 11.5. The number of nitro benzene ring substituents is 1. The first kappa shape index (κ1) is 14.2. The lowest BCUT2D eigenvalue weighted by Gasteiger charge is -2.35. The molecule has 0 amide bonds. The maximum atomic E-state index is 10.8. The third-order valence-electron chi connectivity index (χ3n) is 3.30. The molecule has 0 heterocycles. The number of benzene rings is 1. The normalized spacial score (nSPS) is 22.0. The highest BCUT2D eigenvalue weighted by Gasteiger charge is 2.28. The molecule has 0 aliphatic heterocycles. The Bertz CT molecular complexity index is 461. The summed E-state index contributed by atoms with van der Waals surface area (Å²) < 4.78 is 5.48. The number of nitrogens with zero attached hydrogens (tertiary/aromatic N) is 1. The van der Waals surface area contributed by atoms with Gasteiger partial charge in [-0.05, 0) is 31.4 Å². The summed E-state index contributed by atoms with van der Waals surface area (Å²) in [6.07, 6.45) is 2.37. The smallest absolute Gasteiger partial charge is 0.288 e. The van der Waals surface area contributed by atoms with E-state index in [1.807, 2.05) is 6.92 Å². The highest BCUT2D eigenvalue weighted by atomic mass is 35.5. The molecule has 104 valence electrons. The van der Waals surface area contributed by atoms with E-state index in [0.717, 1.165) is 25.0 Å². The van der Waals surface area contributed by atoms with Gasteiger partial charge < -0.3 is 10.1 Å². The van der Waals surface area contributed by atoms with Gasteiger partial charge in [0.15, 0.2) is 0 Å². The van der Waals surface area contributed by atoms with Crippen molar-refractivity contribution in [3.05, 3.63) is 38.9 Å². The van der Waals surface area contributed by atoms with E-state index < -0.39 is 4.92 Å². The van der Waals surface area contributed by atoms with E-state index in [9.17, 15) is 10.1 Å². The Labute approximate surface area is 117 Å². The predicted molar refractivity (Wildman–Crippen MR) is 73.4 cm³/mol. The molecule has 1 aliphatic rings. The molecule has 1 fully saturated rings. The maximum absolute atomic E-state index is 10.8. The van der Waals surface area contributed by atoms with Crippen LogP contribution in [0.3, 0.4) is 0 Å². The summed E-state index contributed by atoms with van der Waals surface area (Å²) in [5.41, 5.74) is 0.831. The highest BCUT2D eigenvalue weighted by molar-refractivity contribution is 6.32. The van der Waals surface area contributed by atoms with Gasteiger partial charge in [-0.1, -0.05) is 17.7 Å². The molecule has 0 aromatic heterocycles. The van der Waals surface area contributed by atoms with E-state index in [2.05, 4.69) is 5.32 Å². The van der Waals surface area contributed by atoms with Crippen molar-refractivity contribution < 1.29 is 9.66 Å². The van der Waals surface area contributed by atoms with Crippen molar-refractivity contribution >= 4 is 17.3 Å². The van der Waals surface area contributed by atoms with Crippen LogP contribution in [0.5, 0.6) is 0 Å². The highest BCUT2D eigenvalue weighted by Crippen LogP contribution is 2.26. The number of nitrogens with one attached hydrogen (secondary N) is 1. The Balaban J connectivity index is 1.84. The number of hydrogen-bond acceptors (Lipinski definition) is 4. The van der Waals surface area contributed by atoms with Gasteiger partial charge in [-0.2, -0.15) is 0 Å². The molecule has 0 atom stereocenters. The number of halogens is 1. The first-order valence-electron chi connectivity index (χ1n) is 6.38. The monoisotopic (exact) mass is 284 g/mol. The molecule has 1 saturated carbocycles. The van der Waals surface area contributed by atoms with Crippen molar-refractivity contribution in [3.8, 4) is 0 Å². The quantitative estimate of drug-likeness (QED) is 0.644. The third-order valence-corrected chi connectivity index (χ3v) is 3.62. The van der Waals surface area contributed by atoms with Crippen molar-refractivity contribution in [1.82, 2.24) is 5.32 Å². The van der Waals surface area contributed by atoms with Gasteiger partial charge in [-0.25, -0.2) is 0 Å². The summed E-state index contributed by atoms with van der Waals surface area (Å²) in [7, 11) is 0. The number of rotatable bonds is 6. The number of ether oxygens (including phenoxy) is 1. The Kier molecular flexibility index (Phi) is 4.74. The van der Waals surface area contributed by atoms with E-state index in [1.54, 1.807) is 12.1 Å². The molecule has 6 heteroatoms. The molecule has 2 rings (SSSR count). The second kappa shape index (κ2) is 6.32. The second-order valence-corrected chi connectivity index (χ2v) is 5.08. The van der Waals surface area contributed by atoms with Crippen LogP contribution in [0.4, 0.5) is 5.69 Å². The molecular formula is C13H17ClN2O3. The lowest BCUT2D eigenvalue weighted by molar-refractivity contribution is -0.384. The summed E-state index contributed by atoms with van der Waals surface area (Å²) in [6.45, 7) is 3.36. The van der Waals surface area contributed by atoms with Crippen LogP contribution in [0, 0.1) is 10.1 Å². The molecule has 0 bridgehead atoms.